The lowest BCUT2D eigenvalue weighted by Gasteiger charge is -2.34. The van der Waals surface area contributed by atoms with E-state index in [1.54, 1.807) is 18.5 Å². The molecule has 6 heteroatoms. The summed E-state index contributed by atoms with van der Waals surface area (Å²) in [6.45, 7) is 3.25. The van der Waals surface area contributed by atoms with Gasteiger partial charge in [0.05, 0.1) is 13.2 Å². The first-order chi connectivity index (χ1) is 14.3. The van der Waals surface area contributed by atoms with Crippen molar-refractivity contribution in [2.24, 2.45) is 5.92 Å². The maximum atomic E-state index is 12.6. The van der Waals surface area contributed by atoms with Gasteiger partial charge in [-0.25, -0.2) is 0 Å². The van der Waals surface area contributed by atoms with Gasteiger partial charge in [-0.1, -0.05) is 18.2 Å². The molecule has 1 aromatic heterocycles. The van der Waals surface area contributed by atoms with Crippen molar-refractivity contribution < 1.29 is 19.0 Å². The zero-order valence-corrected chi connectivity index (χ0v) is 16.4. The van der Waals surface area contributed by atoms with Crippen LogP contribution in [0.5, 0.6) is 5.75 Å². The molecule has 2 aliphatic rings. The van der Waals surface area contributed by atoms with Gasteiger partial charge < -0.3 is 19.1 Å². The van der Waals surface area contributed by atoms with Crippen LogP contribution < -0.4 is 4.74 Å². The van der Waals surface area contributed by atoms with Crippen LogP contribution in [-0.4, -0.2) is 48.4 Å². The highest BCUT2D eigenvalue weighted by atomic mass is 16.7. The molecule has 1 amide bonds. The van der Waals surface area contributed by atoms with Crippen LogP contribution in [0.3, 0.4) is 0 Å². The fourth-order valence-electron chi connectivity index (χ4n) is 3.68. The van der Waals surface area contributed by atoms with Crippen molar-refractivity contribution in [3.05, 3.63) is 66.0 Å². The molecule has 29 heavy (non-hydrogen) atoms. The average molecular weight is 394 g/mol. The third kappa shape index (κ3) is 5.43. The molecular weight excluding hydrogens is 368 g/mol. The van der Waals surface area contributed by atoms with Gasteiger partial charge in [-0.15, -0.1) is 0 Å². The second-order valence-corrected chi connectivity index (χ2v) is 7.35. The van der Waals surface area contributed by atoms with E-state index in [0.717, 1.165) is 36.3 Å². The summed E-state index contributed by atoms with van der Waals surface area (Å²) in [5.41, 5.74) is 1.98. The summed E-state index contributed by atoms with van der Waals surface area (Å²) in [5.74, 6) is 1.08. The number of pyridine rings is 1. The molecule has 1 aromatic carbocycles. The molecule has 2 aliphatic heterocycles. The van der Waals surface area contributed by atoms with Crippen molar-refractivity contribution in [1.29, 1.82) is 0 Å². The second-order valence-electron chi connectivity index (χ2n) is 7.35. The van der Waals surface area contributed by atoms with E-state index in [2.05, 4.69) is 4.98 Å². The van der Waals surface area contributed by atoms with Gasteiger partial charge in [-0.2, -0.15) is 0 Å². The number of benzene rings is 1. The number of ether oxygens (including phenoxy) is 3. The smallest absolute Gasteiger partial charge is 0.246 e. The monoisotopic (exact) mass is 394 g/mol. The fourth-order valence-corrected chi connectivity index (χ4v) is 3.68. The van der Waals surface area contributed by atoms with Crippen LogP contribution >= 0.6 is 0 Å². The van der Waals surface area contributed by atoms with Crippen molar-refractivity contribution >= 4 is 12.0 Å². The number of rotatable bonds is 6. The maximum absolute atomic E-state index is 12.6. The summed E-state index contributed by atoms with van der Waals surface area (Å²) in [4.78, 5) is 18.6. The van der Waals surface area contributed by atoms with Crippen LogP contribution in [0.15, 0.2) is 54.9 Å². The largest absolute Gasteiger partial charge is 0.489 e. The highest BCUT2D eigenvalue weighted by molar-refractivity contribution is 5.91. The Morgan fingerprint density at radius 2 is 2.03 bits per heavy atom. The van der Waals surface area contributed by atoms with Gasteiger partial charge >= 0.3 is 0 Å². The Balaban J connectivity index is 1.28. The maximum Gasteiger partial charge on any atom is 0.246 e. The Labute approximate surface area is 171 Å². The summed E-state index contributed by atoms with van der Waals surface area (Å²) < 4.78 is 17.0. The van der Waals surface area contributed by atoms with Crippen molar-refractivity contribution in [3.8, 4) is 5.75 Å². The van der Waals surface area contributed by atoms with Gasteiger partial charge in [-0.3, -0.25) is 9.78 Å². The van der Waals surface area contributed by atoms with E-state index in [0.29, 0.717) is 26.4 Å². The predicted molar refractivity (Wildman–Crippen MR) is 109 cm³/mol. The topological polar surface area (TPSA) is 60.9 Å². The molecular formula is C23H26N2O4. The number of carbonyl (C=O) groups is 1. The van der Waals surface area contributed by atoms with E-state index >= 15 is 0 Å². The van der Waals surface area contributed by atoms with Crippen LogP contribution in [-0.2, 0) is 20.9 Å². The third-order valence-corrected chi connectivity index (χ3v) is 5.23. The van der Waals surface area contributed by atoms with Gasteiger partial charge in [0.2, 0.25) is 5.91 Å². The number of nitrogens with zero attached hydrogens (tertiary/aromatic N) is 2. The molecule has 1 unspecified atom stereocenters. The lowest BCUT2D eigenvalue weighted by atomic mass is 9.97. The van der Waals surface area contributed by atoms with E-state index in [4.69, 9.17) is 14.2 Å². The van der Waals surface area contributed by atoms with Crippen molar-refractivity contribution in [3.63, 3.8) is 0 Å². The quantitative estimate of drug-likeness (QED) is 0.704. The number of carbonyl (C=O) groups excluding carboxylic acids is 1. The van der Waals surface area contributed by atoms with Crippen LogP contribution in [0.1, 0.15) is 24.0 Å². The molecule has 0 N–H and O–H groups in total. The Hall–Kier alpha value is -2.70. The molecule has 0 saturated carbocycles. The molecule has 2 fully saturated rings. The zero-order valence-electron chi connectivity index (χ0n) is 16.4. The minimum atomic E-state index is -0.159. The van der Waals surface area contributed by atoms with Gasteiger partial charge in [0.1, 0.15) is 12.4 Å². The van der Waals surface area contributed by atoms with Crippen molar-refractivity contribution in [1.82, 2.24) is 9.88 Å². The highest BCUT2D eigenvalue weighted by Gasteiger charge is 2.32. The first-order valence-corrected chi connectivity index (χ1v) is 10.1. The summed E-state index contributed by atoms with van der Waals surface area (Å²) in [6.07, 6.45) is 8.89. The van der Waals surface area contributed by atoms with E-state index in [1.807, 2.05) is 47.4 Å². The number of likely N-dealkylation sites (tertiary alicyclic amines) is 1. The molecule has 2 aromatic rings. The Morgan fingerprint density at radius 3 is 2.79 bits per heavy atom. The van der Waals surface area contributed by atoms with Crippen LogP contribution in [0.25, 0.3) is 6.08 Å². The first-order valence-electron chi connectivity index (χ1n) is 10.1. The molecule has 0 bridgehead atoms. The lowest BCUT2D eigenvalue weighted by molar-refractivity contribution is -0.134. The SMILES string of the molecule is O=C(/C=C/c1ccc(OCc2cccnc2)cc1)N1CCCC(C2OCCO2)C1. The summed E-state index contributed by atoms with van der Waals surface area (Å²) in [7, 11) is 0. The Kier molecular flexibility index (Phi) is 6.54. The molecule has 2 saturated heterocycles. The molecule has 0 spiro atoms. The average Bonchev–Trinajstić information content (AvgIpc) is 3.33. The molecule has 0 aliphatic carbocycles. The predicted octanol–water partition coefficient (Wildman–Crippen LogP) is 3.29. The molecule has 4 rings (SSSR count). The number of aromatic nitrogens is 1. The van der Waals surface area contributed by atoms with E-state index < -0.39 is 0 Å². The zero-order chi connectivity index (χ0) is 19.9. The van der Waals surface area contributed by atoms with Gasteiger partial charge in [0, 0.05) is 43.0 Å². The fraction of sp³-hybridized carbons (Fsp3) is 0.391. The van der Waals surface area contributed by atoms with Crippen molar-refractivity contribution in [2.45, 2.75) is 25.7 Å². The Morgan fingerprint density at radius 1 is 1.21 bits per heavy atom. The molecule has 0 radical (unpaired) electrons. The first kappa shape index (κ1) is 19.6. The molecule has 6 nitrogen and oxygen atoms in total. The van der Waals surface area contributed by atoms with Crippen LogP contribution in [0, 0.1) is 5.92 Å². The number of hydrogen-bond acceptors (Lipinski definition) is 5. The van der Waals surface area contributed by atoms with Crippen LogP contribution in [0.2, 0.25) is 0 Å². The summed E-state index contributed by atoms with van der Waals surface area (Å²) in [6, 6.07) is 11.6. The van der Waals surface area contributed by atoms with Gasteiger partial charge in [-0.05, 0) is 42.7 Å². The number of hydrogen-bond donors (Lipinski definition) is 0. The normalized spacial score (nSPS) is 20.3. The van der Waals surface area contributed by atoms with Crippen molar-refractivity contribution in [2.75, 3.05) is 26.3 Å². The molecule has 152 valence electrons. The van der Waals surface area contributed by atoms with Gasteiger partial charge in [0.15, 0.2) is 6.29 Å². The Bertz CT molecular complexity index is 817. The van der Waals surface area contributed by atoms with Gasteiger partial charge in [0.25, 0.3) is 0 Å². The third-order valence-electron chi connectivity index (χ3n) is 5.23. The van der Waals surface area contributed by atoms with E-state index in [-0.39, 0.29) is 18.1 Å². The second kappa shape index (κ2) is 9.67. The standard InChI is InChI=1S/C23H26N2O4/c26-22(25-12-2-4-20(16-25)23-27-13-14-28-23)10-7-18-5-8-21(9-6-18)29-17-19-3-1-11-24-15-19/h1,3,5-11,15,20,23H,2,4,12-14,16-17H2/b10-7+. The molecule has 3 heterocycles. The summed E-state index contributed by atoms with van der Waals surface area (Å²) in [5, 5.41) is 0. The molecule has 1 atom stereocenters. The van der Waals surface area contributed by atoms with E-state index in [1.165, 1.54) is 0 Å². The van der Waals surface area contributed by atoms with E-state index in [9.17, 15) is 4.79 Å². The minimum Gasteiger partial charge on any atom is -0.489 e. The number of piperidine rings is 1. The number of amides is 1. The van der Waals surface area contributed by atoms with Crippen LogP contribution in [0.4, 0.5) is 0 Å². The summed E-state index contributed by atoms with van der Waals surface area (Å²) >= 11 is 0. The minimum absolute atomic E-state index is 0.0320. The lowest BCUT2D eigenvalue weighted by Crippen LogP contribution is -2.43. The highest BCUT2D eigenvalue weighted by Crippen LogP contribution is 2.25.